The second-order valence-electron chi connectivity index (χ2n) is 5.01. The molecule has 17 heavy (non-hydrogen) atoms. The fourth-order valence-corrected chi connectivity index (χ4v) is 2.76. The van der Waals surface area contributed by atoms with Crippen LogP contribution in [0, 0.1) is 5.92 Å². The maximum Gasteiger partial charge on any atom is -0.0162 e. The second kappa shape index (κ2) is 5.86. The lowest BCUT2D eigenvalue weighted by molar-refractivity contribution is 0.376. The zero-order chi connectivity index (χ0) is 12.1. The van der Waals surface area contributed by atoms with Crippen molar-refractivity contribution in [2.24, 2.45) is 5.92 Å². The van der Waals surface area contributed by atoms with Crippen molar-refractivity contribution in [2.75, 3.05) is 0 Å². The molecule has 0 heteroatoms. The third-order valence-electron chi connectivity index (χ3n) is 3.87. The van der Waals surface area contributed by atoms with E-state index in [1.54, 1.807) is 0 Å². The molecule has 1 aliphatic carbocycles. The van der Waals surface area contributed by atoms with Crippen LogP contribution in [0.2, 0.25) is 0 Å². The Bertz CT molecular complexity index is 375. The van der Waals surface area contributed by atoms with Crippen LogP contribution in [0.15, 0.2) is 43.0 Å². The standard InChI is InChI=1S/C17H22/c1-3-5-15-8-12-17(13-9-15)16-10-6-14(4-2)7-11-16/h3-5,8-9,12-14,16H,2,6-7,10-11H2,1H3. The molecular weight excluding hydrogens is 204 g/mol. The van der Waals surface area contributed by atoms with Crippen LogP contribution in [0.25, 0.3) is 6.08 Å². The van der Waals surface area contributed by atoms with Crippen molar-refractivity contribution in [3.8, 4) is 0 Å². The number of hydrogen-bond acceptors (Lipinski definition) is 0. The first-order valence-electron chi connectivity index (χ1n) is 6.68. The monoisotopic (exact) mass is 226 g/mol. The molecule has 0 heterocycles. The fourth-order valence-electron chi connectivity index (χ4n) is 2.76. The van der Waals surface area contributed by atoms with E-state index in [4.69, 9.17) is 0 Å². The van der Waals surface area contributed by atoms with Gasteiger partial charge in [-0.2, -0.15) is 0 Å². The molecule has 0 bridgehead atoms. The van der Waals surface area contributed by atoms with Crippen molar-refractivity contribution in [3.05, 3.63) is 54.1 Å². The van der Waals surface area contributed by atoms with Gasteiger partial charge < -0.3 is 0 Å². The molecule has 0 nitrogen and oxygen atoms in total. The number of allylic oxidation sites excluding steroid dienone is 2. The molecule has 2 rings (SSSR count). The summed E-state index contributed by atoms with van der Waals surface area (Å²) in [5.41, 5.74) is 2.82. The van der Waals surface area contributed by atoms with Crippen molar-refractivity contribution in [2.45, 2.75) is 38.5 Å². The molecule has 0 N–H and O–H groups in total. The molecule has 0 aliphatic heterocycles. The predicted octanol–water partition coefficient (Wildman–Crippen LogP) is 5.18. The fraction of sp³-hybridized carbons (Fsp3) is 0.412. The Morgan fingerprint density at radius 3 is 2.24 bits per heavy atom. The smallest absolute Gasteiger partial charge is 0.0162 e. The van der Waals surface area contributed by atoms with Gasteiger partial charge in [-0.1, -0.05) is 42.5 Å². The van der Waals surface area contributed by atoms with E-state index in [-0.39, 0.29) is 0 Å². The van der Waals surface area contributed by atoms with Crippen molar-refractivity contribution >= 4 is 6.08 Å². The van der Waals surface area contributed by atoms with E-state index in [2.05, 4.69) is 56.0 Å². The van der Waals surface area contributed by atoms with Gasteiger partial charge in [-0.25, -0.2) is 0 Å². The molecule has 0 aromatic heterocycles. The number of hydrogen-bond donors (Lipinski definition) is 0. The highest BCUT2D eigenvalue weighted by Crippen LogP contribution is 2.36. The normalized spacial score (nSPS) is 25.0. The lowest BCUT2D eigenvalue weighted by atomic mass is 9.79. The Labute approximate surface area is 105 Å². The van der Waals surface area contributed by atoms with Gasteiger partial charge in [-0.15, -0.1) is 6.58 Å². The molecule has 1 aliphatic rings. The summed E-state index contributed by atoms with van der Waals surface area (Å²) in [6, 6.07) is 9.06. The molecule has 0 amide bonds. The van der Waals surface area contributed by atoms with E-state index in [9.17, 15) is 0 Å². The lowest BCUT2D eigenvalue weighted by Gasteiger charge is -2.26. The van der Waals surface area contributed by atoms with Crippen LogP contribution in [-0.4, -0.2) is 0 Å². The van der Waals surface area contributed by atoms with Gasteiger partial charge in [0, 0.05) is 0 Å². The number of benzene rings is 1. The van der Waals surface area contributed by atoms with Crippen LogP contribution < -0.4 is 0 Å². The highest BCUT2D eigenvalue weighted by Gasteiger charge is 2.20. The van der Waals surface area contributed by atoms with Gasteiger partial charge in [-0.05, 0) is 55.6 Å². The molecular formula is C17H22. The van der Waals surface area contributed by atoms with E-state index in [0.29, 0.717) is 0 Å². The molecule has 90 valence electrons. The minimum Gasteiger partial charge on any atom is -0.103 e. The Hall–Kier alpha value is -1.30. The van der Waals surface area contributed by atoms with Gasteiger partial charge in [0.2, 0.25) is 0 Å². The van der Waals surface area contributed by atoms with Crippen molar-refractivity contribution in [3.63, 3.8) is 0 Å². The summed E-state index contributed by atoms with van der Waals surface area (Å²) in [6.45, 7) is 5.97. The molecule has 1 aromatic carbocycles. The average molecular weight is 226 g/mol. The van der Waals surface area contributed by atoms with Gasteiger partial charge in [-0.3, -0.25) is 0 Å². The quantitative estimate of drug-likeness (QED) is 0.623. The van der Waals surface area contributed by atoms with Crippen LogP contribution in [0.3, 0.4) is 0 Å². The topological polar surface area (TPSA) is 0 Å². The molecule has 0 radical (unpaired) electrons. The zero-order valence-electron chi connectivity index (χ0n) is 10.7. The Kier molecular flexibility index (Phi) is 4.19. The largest absolute Gasteiger partial charge is 0.103 e. The van der Waals surface area contributed by atoms with Crippen LogP contribution in [0.4, 0.5) is 0 Å². The van der Waals surface area contributed by atoms with Crippen molar-refractivity contribution in [1.82, 2.24) is 0 Å². The summed E-state index contributed by atoms with van der Waals surface area (Å²) < 4.78 is 0. The van der Waals surface area contributed by atoms with Crippen LogP contribution >= 0.6 is 0 Å². The van der Waals surface area contributed by atoms with E-state index >= 15 is 0 Å². The van der Waals surface area contributed by atoms with Gasteiger partial charge in [0.15, 0.2) is 0 Å². The third-order valence-corrected chi connectivity index (χ3v) is 3.87. The van der Waals surface area contributed by atoms with E-state index in [0.717, 1.165) is 11.8 Å². The minimum atomic E-state index is 0.758. The summed E-state index contributed by atoms with van der Waals surface area (Å²) in [4.78, 5) is 0. The summed E-state index contributed by atoms with van der Waals surface area (Å²) in [5.74, 6) is 1.53. The summed E-state index contributed by atoms with van der Waals surface area (Å²) in [5, 5.41) is 0. The average Bonchev–Trinajstić information content (AvgIpc) is 2.40. The Morgan fingerprint density at radius 2 is 1.71 bits per heavy atom. The first kappa shape index (κ1) is 12.2. The third kappa shape index (κ3) is 3.09. The van der Waals surface area contributed by atoms with Crippen molar-refractivity contribution < 1.29 is 0 Å². The second-order valence-corrected chi connectivity index (χ2v) is 5.01. The SMILES string of the molecule is C=CC1CCC(c2ccc(C=CC)cc2)CC1. The molecule has 1 saturated carbocycles. The van der Waals surface area contributed by atoms with Gasteiger partial charge in [0.1, 0.15) is 0 Å². The first-order valence-corrected chi connectivity index (χ1v) is 6.68. The van der Waals surface area contributed by atoms with Gasteiger partial charge in [0.05, 0.1) is 0 Å². The highest BCUT2D eigenvalue weighted by molar-refractivity contribution is 5.49. The molecule has 0 saturated heterocycles. The lowest BCUT2D eigenvalue weighted by Crippen LogP contribution is -2.11. The van der Waals surface area contributed by atoms with Gasteiger partial charge >= 0.3 is 0 Å². The minimum absolute atomic E-state index is 0.758. The maximum atomic E-state index is 3.91. The summed E-state index contributed by atoms with van der Waals surface area (Å²) >= 11 is 0. The molecule has 0 unspecified atom stereocenters. The first-order chi connectivity index (χ1) is 8.33. The summed E-state index contributed by atoms with van der Waals surface area (Å²) in [7, 11) is 0. The zero-order valence-corrected chi connectivity index (χ0v) is 10.7. The van der Waals surface area contributed by atoms with E-state index in [1.807, 2.05) is 0 Å². The molecule has 0 atom stereocenters. The highest BCUT2D eigenvalue weighted by atomic mass is 14.2. The van der Waals surface area contributed by atoms with Crippen LogP contribution in [0.5, 0.6) is 0 Å². The molecule has 0 spiro atoms. The van der Waals surface area contributed by atoms with Crippen LogP contribution in [-0.2, 0) is 0 Å². The van der Waals surface area contributed by atoms with Gasteiger partial charge in [0.25, 0.3) is 0 Å². The summed E-state index contributed by atoms with van der Waals surface area (Å²) in [6.07, 6.45) is 11.6. The maximum absolute atomic E-state index is 3.91. The molecule has 1 aromatic rings. The number of rotatable bonds is 3. The van der Waals surface area contributed by atoms with Crippen molar-refractivity contribution in [1.29, 1.82) is 0 Å². The van der Waals surface area contributed by atoms with E-state index in [1.165, 1.54) is 36.8 Å². The molecule has 1 fully saturated rings. The van der Waals surface area contributed by atoms with Crippen LogP contribution in [0.1, 0.15) is 49.7 Å². The predicted molar refractivity (Wildman–Crippen MR) is 76.0 cm³/mol. The Balaban J connectivity index is 2.01. The van der Waals surface area contributed by atoms with E-state index < -0.39 is 0 Å². The Morgan fingerprint density at radius 1 is 1.06 bits per heavy atom.